The third-order valence-electron chi connectivity index (χ3n) is 2.18. The van der Waals surface area contributed by atoms with Gasteiger partial charge in [0.25, 0.3) is 5.89 Å². The Balaban J connectivity index is 2.12. The van der Waals surface area contributed by atoms with Crippen molar-refractivity contribution in [3.63, 3.8) is 0 Å². The number of hydrogen-bond donors (Lipinski definition) is 0. The van der Waals surface area contributed by atoms with Gasteiger partial charge in [0.1, 0.15) is 6.16 Å². The van der Waals surface area contributed by atoms with Gasteiger partial charge in [0.15, 0.2) is 0 Å². The lowest BCUT2D eigenvalue weighted by molar-refractivity contribution is 0.217. The van der Waals surface area contributed by atoms with Crippen LogP contribution in [0.15, 0.2) is 21.9 Å². The van der Waals surface area contributed by atoms with Gasteiger partial charge < -0.3 is 13.5 Å². The first-order valence-electron chi connectivity index (χ1n) is 5.91. The maximum Gasteiger partial charge on any atom is 0.339 e. The molecule has 2 aromatic rings. The molecule has 0 saturated heterocycles. The summed E-state index contributed by atoms with van der Waals surface area (Å²) in [4.78, 5) is 0.876. The third kappa shape index (κ3) is 3.73. The van der Waals surface area contributed by atoms with Crippen molar-refractivity contribution in [2.75, 3.05) is 13.2 Å². The second-order valence-corrected chi connectivity index (χ2v) is 6.58. The van der Waals surface area contributed by atoms with Crippen LogP contribution in [0.1, 0.15) is 19.7 Å². The van der Waals surface area contributed by atoms with E-state index in [0.29, 0.717) is 19.1 Å². The van der Waals surface area contributed by atoms with Gasteiger partial charge in [0.05, 0.1) is 18.1 Å². The molecule has 104 valence electrons. The van der Waals surface area contributed by atoms with Crippen LogP contribution in [0.4, 0.5) is 0 Å². The average Bonchev–Trinajstić information content (AvgIpc) is 2.98. The highest BCUT2D eigenvalue weighted by atomic mass is 32.1. The van der Waals surface area contributed by atoms with Crippen LogP contribution in [0.25, 0.3) is 10.8 Å². The summed E-state index contributed by atoms with van der Waals surface area (Å²) >= 11 is 1.50. The Hall–Kier alpha value is -1.01. The van der Waals surface area contributed by atoms with Gasteiger partial charge in [0, 0.05) is 0 Å². The fraction of sp³-hybridized carbons (Fsp3) is 0.455. The fourth-order valence-corrected chi connectivity index (χ4v) is 3.65. The van der Waals surface area contributed by atoms with E-state index < -0.39 is 7.60 Å². The van der Waals surface area contributed by atoms with E-state index in [1.54, 1.807) is 13.8 Å². The van der Waals surface area contributed by atoms with Crippen molar-refractivity contribution in [2.45, 2.75) is 20.0 Å². The van der Waals surface area contributed by atoms with E-state index in [2.05, 4.69) is 10.2 Å². The van der Waals surface area contributed by atoms with Crippen LogP contribution < -0.4 is 0 Å². The molecule has 0 aromatic carbocycles. The van der Waals surface area contributed by atoms with Gasteiger partial charge in [-0.15, -0.1) is 21.5 Å². The largest absolute Gasteiger partial charge is 0.419 e. The van der Waals surface area contributed by atoms with Gasteiger partial charge in [-0.05, 0) is 25.3 Å². The summed E-state index contributed by atoms with van der Waals surface area (Å²) in [6, 6.07) is 3.78. The summed E-state index contributed by atoms with van der Waals surface area (Å²) in [6.07, 6.45) is -0.00689. The standard InChI is InChI=1S/C11H15N2O4PS/c1-3-15-18(14,16-4-2)8-10-12-13-11(17-10)9-6-5-7-19-9/h5-7H,3-4,8H2,1-2H3. The molecule has 6 nitrogen and oxygen atoms in total. The van der Waals surface area contributed by atoms with Gasteiger partial charge in [-0.3, -0.25) is 4.57 Å². The molecular weight excluding hydrogens is 287 g/mol. The second kappa shape index (κ2) is 6.43. The lowest BCUT2D eigenvalue weighted by atomic mass is 10.5. The van der Waals surface area contributed by atoms with Crippen molar-refractivity contribution in [3.8, 4) is 10.8 Å². The highest BCUT2D eigenvalue weighted by molar-refractivity contribution is 7.52. The molecule has 0 saturated carbocycles. The minimum absolute atomic E-state index is 0.00689. The molecule has 0 N–H and O–H groups in total. The van der Waals surface area contributed by atoms with E-state index in [-0.39, 0.29) is 12.1 Å². The summed E-state index contributed by atoms with van der Waals surface area (Å²) in [5.74, 6) is 0.679. The minimum Gasteiger partial charge on any atom is -0.419 e. The van der Waals surface area contributed by atoms with Crippen LogP contribution in [0.2, 0.25) is 0 Å². The van der Waals surface area contributed by atoms with Crippen molar-refractivity contribution < 1.29 is 18.0 Å². The summed E-state index contributed by atoms with van der Waals surface area (Å²) < 4.78 is 28.1. The normalized spacial score (nSPS) is 11.9. The number of aromatic nitrogens is 2. The molecule has 0 aliphatic carbocycles. The monoisotopic (exact) mass is 302 g/mol. The zero-order valence-electron chi connectivity index (χ0n) is 10.7. The van der Waals surface area contributed by atoms with Crippen molar-refractivity contribution in [2.24, 2.45) is 0 Å². The molecule has 0 aliphatic heterocycles. The smallest absolute Gasteiger partial charge is 0.339 e. The first-order chi connectivity index (χ1) is 9.17. The molecule has 0 bridgehead atoms. The van der Waals surface area contributed by atoms with Crippen molar-refractivity contribution in [1.29, 1.82) is 0 Å². The molecule has 0 aliphatic rings. The Morgan fingerprint density at radius 3 is 2.63 bits per heavy atom. The Labute approximate surface area is 115 Å². The summed E-state index contributed by atoms with van der Waals surface area (Å²) in [6.45, 7) is 4.14. The lowest BCUT2D eigenvalue weighted by Crippen LogP contribution is -1.99. The van der Waals surface area contributed by atoms with E-state index in [0.717, 1.165) is 4.88 Å². The molecule has 0 amide bonds. The Kier molecular flexibility index (Phi) is 4.87. The number of hydrogen-bond acceptors (Lipinski definition) is 7. The Morgan fingerprint density at radius 2 is 2.05 bits per heavy atom. The predicted molar refractivity (Wildman–Crippen MR) is 72.2 cm³/mol. The molecule has 8 heteroatoms. The van der Waals surface area contributed by atoms with E-state index in [1.165, 1.54) is 11.3 Å². The maximum atomic E-state index is 12.3. The lowest BCUT2D eigenvalue weighted by Gasteiger charge is -2.14. The first-order valence-corrected chi connectivity index (χ1v) is 8.52. The van der Waals surface area contributed by atoms with Crippen LogP contribution in [0, 0.1) is 0 Å². The maximum absolute atomic E-state index is 12.3. The van der Waals surface area contributed by atoms with Gasteiger partial charge in [-0.25, -0.2) is 0 Å². The van der Waals surface area contributed by atoms with Crippen molar-refractivity contribution >= 4 is 18.9 Å². The van der Waals surface area contributed by atoms with Gasteiger partial charge in [-0.1, -0.05) is 6.07 Å². The number of thiophene rings is 1. The summed E-state index contributed by atoms with van der Waals surface area (Å²) in [7, 11) is -3.20. The third-order valence-corrected chi connectivity index (χ3v) is 5.00. The summed E-state index contributed by atoms with van der Waals surface area (Å²) in [5, 5.41) is 9.73. The molecule has 0 radical (unpaired) electrons. The van der Waals surface area contributed by atoms with E-state index >= 15 is 0 Å². The van der Waals surface area contributed by atoms with Gasteiger partial charge in [0.2, 0.25) is 5.89 Å². The molecular formula is C11H15N2O4PS. The Bertz CT molecular complexity index is 545. The molecule has 19 heavy (non-hydrogen) atoms. The Morgan fingerprint density at radius 1 is 1.32 bits per heavy atom. The van der Waals surface area contributed by atoms with Crippen LogP contribution in [-0.2, 0) is 19.8 Å². The van der Waals surface area contributed by atoms with E-state index in [4.69, 9.17) is 13.5 Å². The van der Waals surface area contributed by atoms with Crippen LogP contribution in [0.3, 0.4) is 0 Å². The highest BCUT2D eigenvalue weighted by Gasteiger charge is 2.27. The minimum atomic E-state index is -3.20. The van der Waals surface area contributed by atoms with E-state index in [1.807, 2.05) is 17.5 Å². The zero-order valence-corrected chi connectivity index (χ0v) is 12.4. The van der Waals surface area contributed by atoms with E-state index in [9.17, 15) is 4.57 Å². The molecule has 2 rings (SSSR count). The fourth-order valence-electron chi connectivity index (χ4n) is 1.50. The zero-order chi connectivity index (χ0) is 13.7. The quantitative estimate of drug-likeness (QED) is 0.728. The molecule has 0 fully saturated rings. The topological polar surface area (TPSA) is 74.5 Å². The first kappa shape index (κ1) is 14.4. The molecule has 0 atom stereocenters. The SMILES string of the molecule is CCOP(=O)(Cc1nnc(-c2cccs2)o1)OCC. The van der Waals surface area contributed by atoms with Crippen molar-refractivity contribution in [3.05, 3.63) is 23.4 Å². The van der Waals surface area contributed by atoms with Crippen LogP contribution in [-0.4, -0.2) is 23.4 Å². The molecule has 0 spiro atoms. The molecule has 0 unspecified atom stereocenters. The van der Waals surface area contributed by atoms with Gasteiger partial charge >= 0.3 is 7.60 Å². The molecule has 2 aromatic heterocycles. The van der Waals surface area contributed by atoms with Gasteiger partial charge in [-0.2, -0.15) is 0 Å². The molecule has 2 heterocycles. The number of nitrogens with zero attached hydrogens (tertiary/aromatic N) is 2. The average molecular weight is 302 g/mol. The highest BCUT2D eigenvalue weighted by Crippen LogP contribution is 2.51. The van der Waals surface area contributed by atoms with Crippen molar-refractivity contribution in [1.82, 2.24) is 10.2 Å². The summed E-state index contributed by atoms with van der Waals surface area (Å²) in [5.41, 5.74) is 0. The predicted octanol–water partition coefficient (Wildman–Crippen LogP) is 3.56. The van der Waals surface area contributed by atoms with Crippen LogP contribution in [0.5, 0.6) is 0 Å². The number of rotatable bonds is 7. The van der Waals surface area contributed by atoms with Crippen LogP contribution >= 0.6 is 18.9 Å². The second-order valence-electron chi connectivity index (χ2n) is 3.58.